The van der Waals surface area contributed by atoms with Crippen molar-refractivity contribution in [3.8, 4) is 5.75 Å². The zero-order valence-corrected chi connectivity index (χ0v) is 21.0. The number of nitrogens with zero attached hydrogens (tertiary/aromatic N) is 1. The van der Waals surface area contributed by atoms with Crippen LogP contribution in [0.5, 0.6) is 5.75 Å². The quantitative estimate of drug-likeness (QED) is 0.401. The maximum absolute atomic E-state index is 12.4. The highest BCUT2D eigenvalue weighted by atomic mass is 16.3. The molecule has 0 aromatic heterocycles. The second-order valence-corrected chi connectivity index (χ2v) is 10.5. The minimum absolute atomic E-state index is 0.0758. The molecule has 6 nitrogen and oxygen atoms in total. The van der Waals surface area contributed by atoms with Crippen LogP contribution in [0.1, 0.15) is 64.0 Å². The highest BCUT2D eigenvalue weighted by molar-refractivity contribution is 5.93. The molecular weight excluding hydrogens is 426 g/mol. The Morgan fingerprint density at radius 3 is 2.76 bits per heavy atom. The number of nitrogens with one attached hydrogen (secondary N) is 2. The van der Waals surface area contributed by atoms with E-state index in [9.17, 15) is 14.7 Å². The fourth-order valence-corrected chi connectivity index (χ4v) is 6.28. The van der Waals surface area contributed by atoms with Crippen molar-refractivity contribution in [3.05, 3.63) is 52.2 Å². The van der Waals surface area contributed by atoms with E-state index >= 15 is 0 Å². The molecule has 2 aliphatic carbocycles. The molecule has 2 amide bonds. The number of allylic oxidation sites excluding steroid dienone is 3. The summed E-state index contributed by atoms with van der Waals surface area (Å²) in [6, 6.07) is 6.05. The molecule has 6 heteroatoms. The Hall–Kier alpha value is -2.60. The van der Waals surface area contributed by atoms with E-state index in [0.717, 1.165) is 49.5 Å². The second-order valence-electron chi connectivity index (χ2n) is 10.5. The Kier molecular flexibility index (Phi) is 7.17. The highest BCUT2D eigenvalue weighted by Gasteiger charge is 2.51. The zero-order chi connectivity index (χ0) is 24.5. The highest BCUT2D eigenvalue weighted by Crippen LogP contribution is 2.54. The van der Waals surface area contributed by atoms with Crippen LogP contribution in [0.3, 0.4) is 0 Å². The first-order valence-electron chi connectivity index (χ1n) is 12.7. The molecule has 2 fully saturated rings. The van der Waals surface area contributed by atoms with Crippen molar-refractivity contribution in [1.82, 2.24) is 15.5 Å². The summed E-state index contributed by atoms with van der Waals surface area (Å²) in [6.07, 6.45) is 7.83. The van der Waals surface area contributed by atoms with Gasteiger partial charge in [0.25, 0.3) is 0 Å². The fourth-order valence-electron chi connectivity index (χ4n) is 6.28. The predicted octanol–water partition coefficient (Wildman–Crippen LogP) is 3.94. The third kappa shape index (κ3) is 4.78. The Balaban J connectivity index is 1.79. The molecule has 0 spiro atoms. The number of likely N-dealkylation sites (tertiary alicyclic amines) is 1. The third-order valence-electron chi connectivity index (χ3n) is 8.30. The van der Waals surface area contributed by atoms with Gasteiger partial charge in [0.1, 0.15) is 5.75 Å². The van der Waals surface area contributed by atoms with E-state index in [1.165, 1.54) is 24.0 Å². The number of amides is 2. The normalized spacial score (nSPS) is 27.8. The minimum Gasteiger partial charge on any atom is -0.508 e. The number of aromatic hydroxyl groups is 1. The number of hydrogen-bond acceptors (Lipinski definition) is 4. The Labute approximate surface area is 203 Å². The summed E-state index contributed by atoms with van der Waals surface area (Å²) in [7, 11) is 0. The number of rotatable bonds is 8. The van der Waals surface area contributed by atoms with E-state index in [1.54, 1.807) is 6.07 Å². The van der Waals surface area contributed by atoms with Crippen LogP contribution < -0.4 is 10.6 Å². The van der Waals surface area contributed by atoms with Gasteiger partial charge in [0, 0.05) is 35.8 Å². The number of likely N-dealkylation sites (N-methyl/N-ethyl adjacent to an activating group) is 1. The first-order chi connectivity index (χ1) is 16.3. The molecule has 4 rings (SSSR count). The summed E-state index contributed by atoms with van der Waals surface area (Å²) in [5.41, 5.74) is 4.76. The van der Waals surface area contributed by atoms with Gasteiger partial charge >= 0.3 is 0 Å². The fraction of sp³-hybridized carbons (Fsp3) is 0.571. The van der Waals surface area contributed by atoms with E-state index in [0.29, 0.717) is 30.5 Å². The predicted molar refractivity (Wildman–Crippen MR) is 134 cm³/mol. The molecule has 1 saturated carbocycles. The molecule has 1 aromatic rings. The van der Waals surface area contributed by atoms with Crippen molar-refractivity contribution >= 4 is 12.3 Å². The van der Waals surface area contributed by atoms with Crippen LogP contribution >= 0.6 is 0 Å². The summed E-state index contributed by atoms with van der Waals surface area (Å²) in [5.74, 6) is 1.34. The first-order valence-corrected chi connectivity index (χ1v) is 12.7. The van der Waals surface area contributed by atoms with E-state index in [2.05, 4.69) is 29.4 Å². The number of piperidine rings is 1. The van der Waals surface area contributed by atoms with Crippen LogP contribution in [-0.4, -0.2) is 48.0 Å². The SMILES string of the molecule is CCNC(=O)/C(C)=C/C1=C(NC=O)CC2(c3cc(O)ccc3C)CCN(CC3CC3)C(C)C2C1. The van der Waals surface area contributed by atoms with Crippen LogP contribution in [0, 0.1) is 18.8 Å². The Morgan fingerprint density at radius 1 is 1.32 bits per heavy atom. The van der Waals surface area contributed by atoms with Gasteiger partial charge in [-0.15, -0.1) is 0 Å². The van der Waals surface area contributed by atoms with Crippen LogP contribution in [0.15, 0.2) is 41.1 Å². The number of phenolic OH excluding ortho intramolecular Hbond substituents is 1. The number of benzene rings is 1. The smallest absolute Gasteiger partial charge is 0.246 e. The molecular formula is C28H39N3O3. The standard InChI is InChI=1S/C28H39N3O3/c1-5-29-27(34)19(3)12-22-13-25-20(4)31(16-21-7-8-21)11-10-28(25,15-26(22)30-17-32)24-14-23(33)9-6-18(24)2/h6,9,12,14,17,20-21,25,33H,5,7-8,10-11,13,15-16H2,1-4H3,(H,29,34)(H,30,32)/b19-12+. The summed E-state index contributed by atoms with van der Waals surface area (Å²) in [6.45, 7) is 11.0. The molecule has 0 radical (unpaired) electrons. The second kappa shape index (κ2) is 9.95. The van der Waals surface area contributed by atoms with Gasteiger partial charge in [-0.1, -0.05) is 6.07 Å². The lowest BCUT2D eigenvalue weighted by atomic mass is 9.56. The lowest BCUT2D eigenvalue weighted by Gasteiger charge is -2.55. The average molecular weight is 466 g/mol. The van der Waals surface area contributed by atoms with Crippen molar-refractivity contribution in [2.45, 2.75) is 71.3 Å². The number of fused-ring (bicyclic) bond motifs is 1. The number of carbonyl (C=O) groups is 2. The van der Waals surface area contributed by atoms with Crippen LogP contribution in [-0.2, 0) is 15.0 Å². The van der Waals surface area contributed by atoms with Gasteiger partial charge < -0.3 is 20.6 Å². The van der Waals surface area contributed by atoms with Crippen molar-refractivity contribution in [2.75, 3.05) is 19.6 Å². The Morgan fingerprint density at radius 2 is 2.09 bits per heavy atom. The molecule has 3 unspecified atom stereocenters. The molecule has 1 aromatic carbocycles. The van der Waals surface area contributed by atoms with Gasteiger partial charge in [-0.25, -0.2) is 0 Å². The van der Waals surface area contributed by atoms with Gasteiger partial charge in [-0.05, 0) is 113 Å². The summed E-state index contributed by atoms with van der Waals surface area (Å²) in [5, 5.41) is 16.3. The van der Waals surface area contributed by atoms with Gasteiger partial charge in [0.05, 0.1) is 0 Å². The maximum Gasteiger partial charge on any atom is 0.246 e. The van der Waals surface area contributed by atoms with Crippen LogP contribution in [0.2, 0.25) is 0 Å². The molecule has 184 valence electrons. The van der Waals surface area contributed by atoms with Gasteiger partial charge in [0.15, 0.2) is 0 Å². The molecule has 1 aliphatic heterocycles. The number of hydrogen-bond donors (Lipinski definition) is 3. The maximum atomic E-state index is 12.4. The Bertz CT molecular complexity index is 1010. The van der Waals surface area contributed by atoms with E-state index < -0.39 is 0 Å². The van der Waals surface area contributed by atoms with Crippen molar-refractivity contribution in [2.24, 2.45) is 11.8 Å². The molecule has 34 heavy (non-hydrogen) atoms. The van der Waals surface area contributed by atoms with Crippen LogP contribution in [0.4, 0.5) is 0 Å². The third-order valence-corrected chi connectivity index (χ3v) is 8.30. The molecule has 3 aliphatic rings. The molecule has 1 heterocycles. The van der Waals surface area contributed by atoms with E-state index in [4.69, 9.17) is 0 Å². The van der Waals surface area contributed by atoms with Crippen molar-refractivity contribution < 1.29 is 14.7 Å². The number of phenols is 1. The van der Waals surface area contributed by atoms with Crippen molar-refractivity contribution in [3.63, 3.8) is 0 Å². The number of aryl methyl sites for hydroxylation is 1. The monoisotopic (exact) mass is 465 g/mol. The molecule has 3 atom stereocenters. The van der Waals surface area contributed by atoms with E-state index in [-0.39, 0.29) is 17.1 Å². The average Bonchev–Trinajstić information content (AvgIpc) is 3.63. The molecule has 0 bridgehead atoms. The molecule has 3 N–H and O–H groups in total. The number of carbonyl (C=O) groups excluding carboxylic acids is 2. The summed E-state index contributed by atoms with van der Waals surface area (Å²) < 4.78 is 0. The summed E-state index contributed by atoms with van der Waals surface area (Å²) in [4.78, 5) is 26.7. The summed E-state index contributed by atoms with van der Waals surface area (Å²) >= 11 is 0. The topological polar surface area (TPSA) is 81.7 Å². The first kappa shape index (κ1) is 24.5. The largest absolute Gasteiger partial charge is 0.508 e. The zero-order valence-electron chi connectivity index (χ0n) is 21.0. The lowest BCUT2D eigenvalue weighted by molar-refractivity contribution is -0.117. The van der Waals surface area contributed by atoms with Gasteiger partial charge in [-0.3, -0.25) is 9.59 Å². The van der Waals surface area contributed by atoms with Gasteiger partial charge in [0.2, 0.25) is 12.3 Å². The van der Waals surface area contributed by atoms with E-state index in [1.807, 2.05) is 32.1 Å². The van der Waals surface area contributed by atoms with Gasteiger partial charge in [-0.2, -0.15) is 0 Å². The lowest BCUT2D eigenvalue weighted by Crippen LogP contribution is -2.57. The van der Waals surface area contributed by atoms with Crippen LogP contribution in [0.25, 0.3) is 0 Å². The van der Waals surface area contributed by atoms with Crippen molar-refractivity contribution in [1.29, 1.82) is 0 Å². The molecule has 1 saturated heterocycles. The minimum atomic E-state index is -0.176.